The van der Waals surface area contributed by atoms with E-state index in [0.29, 0.717) is 12.1 Å². The summed E-state index contributed by atoms with van der Waals surface area (Å²) in [6, 6.07) is 0.655. The van der Waals surface area contributed by atoms with Crippen LogP contribution < -0.4 is 5.32 Å². The van der Waals surface area contributed by atoms with Gasteiger partial charge in [-0.25, -0.2) is 0 Å². The highest BCUT2D eigenvalue weighted by molar-refractivity contribution is 4.90. The molecule has 0 aromatic heterocycles. The van der Waals surface area contributed by atoms with Crippen LogP contribution in [0.3, 0.4) is 0 Å². The van der Waals surface area contributed by atoms with Gasteiger partial charge in [-0.2, -0.15) is 0 Å². The maximum absolute atomic E-state index is 5.74. The van der Waals surface area contributed by atoms with Crippen molar-refractivity contribution in [2.45, 2.75) is 57.3 Å². The third kappa shape index (κ3) is 2.92. The van der Waals surface area contributed by atoms with E-state index >= 15 is 0 Å². The zero-order chi connectivity index (χ0) is 10.7. The van der Waals surface area contributed by atoms with Gasteiger partial charge in [0.1, 0.15) is 0 Å². The van der Waals surface area contributed by atoms with Gasteiger partial charge < -0.3 is 14.8 Å². The first-order valence-electron chi connectivity index (χ1n) is 6.21. The van der Waals surface area contributed by atoms with E-state index in [1.807, 2.05) is 0 Å². The van der Waals surface area contributed by atoms with Crippen molar-refractivity contribution in [2.75, 3.05) is 19.8 Å². The van der Waals surface area contributed by atoms with Crippen molar-refractivity contribution in [3.05, 3.63) is 0 Å². The minimum Gasteiger partial charge on any atom is -0.378 e. The van der Waals surface area contributed by atoms with Crippen LogP contribution in [0, 0.1) is 0 Å². The Bertz CT molecular complexity index is 196. The molecule has 1 N–H and O–H groups in total. The fourth-order valence-electron chi connectivity index (χ4n) is 2.44. The summed E-state index contributed by atoms with van der Waals surface area (Å²) in [6.07, 6.45) is 5.25. The summed E-state index contributed by atoms with van der Waals surface area (Å²) in [7, 11) is 0. The molecule has 2 aliphatic rings. The van der Waals surface area contributed by atoms with Crippen molar-refractivity contribution in [2.24, 2.45) is 0 Å². The smallest absolute Gasteiger partial charge is 0.0779 e. The molecule has 1 atom stereocenters. The third-order valence-corrected chi connectivity index (χ3v) is 3.56. The molecule has 2 fully saturated rings. The van der Waals surface area contributed by atoms with E-state index in [1.165, 1.54) is 25.7 Å². The summed E-state index contributed by atoms with van der Waals surface area (Å²) >= 11 is 0. The Kier molecular flexibility index (Phi) is 3.65. The summed E-state index contributed by atoms with van der Waals surface area (Å²) in [5, 5.41) is 3.58. The molecule has 0 bridgehead atoms. The van der Waals surface area contributed by atoms with E-state index in [0.717, 1.165) is 19.8 Å². The quantitative estimate of drug-likeness (QED) is 0.754. The molecule has 1 saturated heterocycles. The molecular weight excluding hydrogens is 190 g/mol. The van der Waals surface area contributed by atoms with Gasteiger partial charge >= 0.3 is 0 Å². The fourth-order valence-corrected chi connectivity index (χ4v) is 2.44. The molecule has 1 saturated carbocycles. The lowest BCUT2D eigenvalue weighted by Crippen LogP contribution is -2.50. The van der Waals surface area contributed by atoms with Crippen molar-refractivity contribution in [3.63, 3.8) is 0 Å². The second-order valence-corrected chi connectivity index (χ2v) is 5.03. The van der Waals surface area contributed by atoms with Crippen LogP contribution in [0.1, 0.15) is 39.5 Å². The number of hydrogen-bond donors (Lipinski definition) is 1. The van der Waals surface area contributed by atoms with Crippen LogP contribution in [0.15, 0.2) is 0 Å². The predicted octanol–water partition coefficient (Wildman–Crippen LogP) is 1.71. The minimum atomic E-state index is 0.0939. The average molecular weight is 213 g/mol. The predicted molar refractivity (Wildman–Crippen MR) is 60.0 cm³/mol. The number of nitrogens with one attached hydrogen (secondary N) is 1. The third-order valence-electron chi connectivity index (χ3n) is 3.56. The summed E-state index contributed by atoms with van der Waals surface area (Å²) in [5.74, 6) is 0. The lowest BCUT2D eigenvalue weighted by molar-refractivity contribution is -0.0232. The van der Waals surface area contributed by atoms with Crippen LogP contribution in [0.4, 0.5) is 0 Å². The molecule has 2 rings (SSSR count). The highest BCUT2D eigenvalue weighted by Gasteiger charge is 2.34. The molecule has 88 valence electrons. The van der Waals surface area contributed by atoms with E-state index in [2.05, 4.69) is 19.2 Å². The maximum atomic E-state index is 5.74. The molecule has 3 nitrogen and oxygen atoms in total. The van der Waals surface area contributed by atoms with Crippen molar-refractivity contribution in [1.82, 2.24) is 5.32 Å². The molecule has 0 radical (unpaired) electrons. The molecule has 0 amide bonds. The van der Waals surface area contributed by atoms with Crippen LogP contribution in [0.25, 0.3) is 0 Å². The molecule has 15 heavy (non-hydrogen) atoms. The Labute approximate surface area is 92.5 Å². The van der Waals surface area contributed by atoms with E-state index < -0.39 is 0 Å². The zero-order valence-corrected chi connectivity index (χ0v) is 9.92. The first-order chi connectivity index (χ1) is 7.22. The second kappa shape index (κ2) is 4.81. The molecule has 1 heterocycles. The lowest BCUT2D eigenvalue weighted by atomic mass is 9.88. The largest absolute Gasteiger partial charge is 0.378 e. The summed E-state index contributed by atoms with van der Waals surface area (Å²) < 4.78 is 11.3. The van der Waals surface area contributed by atoms with E-state index in [1.54, 1.807) is 0 Å². The monoisotopic (exact) mass is 213 g/mol. The number of rotatable bonds is 5. The molecule has 0 spiro atoms. The van der Waals surface area contributed by atoms with Crippen molar-refractivity contribution in [3.8, 4) is 0 Å². The van der Waals surface area contributed by atoms with Crippen LogP contribution in [0.5, 0.6) is 0 Å². The van der Waals surface area contributed by atoms with Gasteiger partial charge in [0.05, 0.1) is 11.7 Å². The van der Waals surface area contributed by atoms with Gasteiger partial charge in [0, 0.05) is 25.8 Å². The minimum absolute atomic E-state index is 0.0939. The Balaban J connectivity index is 1.59. The zero-order valence-electron chi connectivity index (χ0n) is 9.92. The van der Waals surface area contributed by atoms with E-state index in [-0.39, 0.29) is 5.60 Å². The molecule has 0 aromatic carbocycles. The Morgan fingerprint density at radius 3 is 2.87 bits per heavy atom. The van der Waals surface area contributed by atoms with Gasteiger partial charge in [-0.15, -0.1) is 0 Å². The second-order valence-electron chi connectivity index (χ2n) is 5.03. The topological polar surface area (TPSA) is 30.5 Å². The molecule has 1 aliphatic heterocycles. The normalized spacial score (nSPS) is 40.4. The fraction of sp³-hybridized carbons (Fsp3) is 1.00. The average Bonchev–Trinajstić information content (AvgIpc) is 2.57. The van der Waals surface area contributed by atoms with Gasteiger partial charge in [0.2, 0.25) is 0 Å². The molecule has 3 heteroatoms. The van der Waals surface area contributed by atoms with Crippen LogP contribution in [-0.2, 0) is 9.47 Å². The van der Waals surface area contributed by atoms with Crippen LogP contribution in [-0.4, -0.2) is 37.5 Å². The Hall–Kier alpha value is -0.120. The van der Waals surface area contributed by atoms with E-state index in [4.69, 9.17) is 9.47 Å². The van der Waals surface area contributed by atoms with Crippen LogP contribution in [0.2, 0.25) is 0 Å². The number of ether oxygens (including phenoxy) is 2. The SMILES string of the molecule is CCOC1CC(NCC2(C)CCCO2)C1. The Morgan fingerprint density at radius 2 is 2.27 bits per heavy atom. The molecule has 1 unspecified atom stereocenters. The summed E-state index contributed by atoms with van der Waals surface area (Å²) in [4.78, 5) is 0. The highest BCUT2D eigenvalue weighted by atomic mass is 16.5. The van der Waals surface area contributed by atoms with Crippen LogP contribution >= 0.6 is 0 Å². The van der Waals surface area contributed by atoms with Crippen molar-refractivity contribution in [1.29, 1.82) is 0 Å². The first kappa shape index (κ1) is 11.4. The summed E-state index contributed by atoms with van der Waals surface area (Å²) in [6.45, 7) is 7.05. The first-order valence-corrected chi connectivity index (χ1v) is 6.21. The van der Waals surface area contributed by atoms with Gasteiger partial charge in [0.25, 0.3) is 0 Å². The molecule has 0 aromatic rings. The maximum Gasteiger partial charge on any atom is 0.0779 e. The standard InChI is InChI=1S/C12H23NO2/c1-3-14-11-7-10(8-11)13-9-12(2)5-4-6-15-12/h10-11,13H,3-9H2,1-2H3. The number of hydrogen-bond acceptors (Lipinski definition) is 3. The lowest BCUT2D eigenvalue weighted by Gasteiger charge is -2.37. The van der Waals surface area contributed by atoms with Crippen molar-refractivity contribution < 1.29 is 9.47 Å². The van der Waals surface area contributed by atoms with Gasteiger partial charge in [-0.3, -0.25) is 0 Å². The van der Waals surface area contributed by atoms with Crippen molar-refractivity contribution >= 4 is 0 Å². The van der Waals surface area contributed by atoms with Gasteiger partial charge in [0.15, 0.2) is 0 Å². The van der Waals surface area contributed by atoms with E-state index in [9.17, 15) is 0 Å². The Morgan fingerprint density at radius 1 is 1.47 bits per heavy atom. The summed E-state index contributed by atoms with van der Waals surface area (Å²) in [5.41, 5.74) is 0.0939. The molecular formula is C12H23NO2. The highest BCUT2D eigenvalue weighted by Crippen LogP contribution is 2.27. The van der Waals surface area contributed by atoms with Gasteiger partial charge in [-0.1, -0.05) is 0 Å². The molecule has 1 aliphatic carbocycles. The van der Waals surface area contributed by atoms with Gasteiger partial charge in [-0.05, 0) is 39.5 Å².